The standard InChI is InChI=1S/C9H13N3O3S/c10-9-8(2-1-4-11-9)16(14,15)12-5-3-7(13)6-12/h1-2,4,7,13H,3,5-6H2,(H2,10,11)/t7-/m1/s1. The Bertz CT molecular complexity index is 489. The Kier molecular flexibility index (Phi) is 2.83. The van der Waals surface area contributed by atoms with Crippen LogP contribution in [0.5, 0.6) is 0 Å². The lowest BCUT2D eigenvalue weighted by Gasteiger charge is -2.16. The summed E-state index contributed by atoms with van der Waals surface area (Å²) in [7, 11) is -3.62. The van der Waals surface area contributed by atoms with Crippen LogP contribution >= 0.6 is 0 Å². The molecule has 1 aromatic rings. The van der Waals surface area contributed by atoms with Gasteiger partial charge in [-0.05, 0) is 18.6 Å². The average molecular weight is 243 g/mol. The first kappa shape index (κ1) is 11.3. The molecule has 3 N–H and O–H groups in total. The number of aromatic nitrogens is 1. The predicted molar refractivity (Wildman–Crippen MR) is 58.0 cm³/mol. The summed E-state index contributed by atoms with van der Waals surface area (Å²) in [4.78, 5) is 3.75. The van der Waals surface area contributed by atoms with E-state index >= 15 is 0 Å². The molecule has 1 saturated heterocycles. The highest BCUT2D eigenvalue weighted by Crippen LogP contribution is 2.23. The Hall–Kier alpha value is -1.18. The molecule has 0 radical (unpaired) electrons. The molecule has 7 heteroatoms. The minimum absolute atomic E-state index is 0.00380. The van der Waals surface area contributed by atoms with E-state index in [2.05, 4.69) is 4.98 Å². The summed E-state index contributed by atoms with van der Waals surface area (Å²) in [5.74, 6) is -0.0103. The van der Waals surface area contributed by atoms with Gasteiger partial charge in [0, 0.05) is 19.3 Å². The van der Waals surface area contributed by atoms with Gasteiger partial charge in [-0.2, -0.15) is 4.31 Å². The summed E-state index contributed by atoms with van der Waals surface area (Å²) in [6, 6.07) is 2.94. The van der Waals surface area contributed by atoms with E-state index in [-0.39, 0.29) is 17.3 Å². The van der Waals surface area contributed by atoms with Crippen molar-refractivity contribution in [3.05, 3.63) is 18.3 Å². The maximum atomic E-state index is 12.1. The second kappa shape index (κ2) is 4.00. The fourth-order valence-corrected chi connectivity index (χ4v) is 3.25. The van der Waals surface area contributed by atoms with Gasteiger partial charge < -0.3 is 10.8 Å². The number of aliphatic hydroxyl groups excluding tert-OH is 1. The Morgan fingerprint density at radius 1 is 1.56 bits per heavy atom. The highest BCUT2D eigenvalue weighted by Gasteiger charge is 2.32. The van der Waals surface area contributed by atoms with E-state index in [1.165, 1.54) is 22.6 Å². The molecule has 1 fully saturated rings. The van der Waals surface area contributed by atoms with Crippen LogP contribution in [0.4, 0.5) is 5.82 Å². The SMILES string of the molecule is Nc1ncccc1S(=O)(=O)N1CC[C@@H](O)C1. The summed E-state index contributed by atoms with van der Waals surface area (Å²) >= 11 is 0. The number of aliphatic hydroxyl groups is 1. The van der Waals surface area contributed by atoms with E-state index in [1.807, 2.05) is 0 Å². The third-order valence-electron chi connectivity index (χ3n) is 2.54. The van der Waals surface area contributed by atoms with Crippen LogP contribution in [-0.4, -0.2) is 42.0 Å². The zero-order valence-electron chi connectivity index (χ0n) is 8.57. The van der Waals surface area contributed by atoms with Gasteiger partial charge in [-0.3, -0.25) is 0 Å². The number of anilines is 1. The van der Waals surface area contributed by atoms with Crippen molar-refractivity contribution in [2.45, 2.75) is 17.4 Å². The van der Waals surface area contributed by atoms with E-state index in [1.54, 1.807) is 0 Å². The molecule has 1 aliphatic heterocycles. The molecule has 0 unspecified atom stereocenters. The van der Waals surface area contributed by atoms with Crippen LogP contribution in [0.1, 0.15) is 6.42 Å². The van der Waals surface area contributed by atoms with Gasteiger partial charge in [0.1, 0.15) is 10.7 Å². The summed E-state index contributed by atoms with van der Waals surface area (Å²) < 4.78 is 25.4. The Labute approximate surface area is 93.8 Å². The summed E-state index contributed by atoms with van der Waals surface area (Å²) in [5, 5.41) is 9.33. The number of rotatable bonds is 2. The van der Waals surface area contributed by atoms with Crippen molar-refractivity contribution in [2.75, 3.05) is 18.8 Å². The molecule has 0 aromatic carbocycles. The third-order valence-corrected chi connectivity index (χ3v) is 4.46. The molecule has 0 bridgehead atoms. The molecule has 0 saturated carbocycles. The number of pyridine rings is 1. The van der Waals surface area contributed by atoms with Crippen molar-refractivity contribution >= 4 is 15.8 Å². The topological polar surface area (TPSA) is 96.5 Å². The van der Waals surface area contributed by atoms with Gasteiger partial charge in [0.15, 0.2) is 0 Å². The molecule has 2 heterocycles. The van der Waals surface area contributed by atoms with Crippen LogP contribution in [0.2, 0.25) is 0 Å². The molecule has 88 valence electrons. The quantitative estimate of drug-likeness (QED) is 0.724. The predicted octanol–water partition coefficient (Wildman–Crippen LogP) is -0.581. The number of nitrogens with zero attached hydrogens (tertiary/aromatic N) is 2. The molecule has 1 aliphatic rings. The summed E-state index contributed by atoms with van der Waals surface area (Å²) in [6.07, 6.45) is 1.31. The summed E-state index contributed by atoms with van der Waals surface area (Å²) in [6.45, 7) is 0.439. The molecule has 16 heavy (non-hydrogen) atoms. The molecular formula is C9H13N3O3S. The van der Waals surface area contributed by atoms with Crippen molar-refractivity contribution in [1.29, 1.82) is 0 Å². The van der Waals surface area contributed by atoms with Crippen molar-refractivity contribution in [1.82, 2.24) is 9.29 Å². The molecule has 2 rings (SSSR count). The molecule has 0 amide bonds. The second-order valence-corrected chi connectivity index (χ2v) is 5.60. The van der Waals surface area contributed by atoms with E-state index in [4.69, 9.17) is 5.73 Å². The van der Waals surface area contributed by atoms with Gasteiger partial charge >= 0.3 is 0 Å². The third kappa shape index (κ3) is 1.89. The van der Waals surface area contributed by atoms with Crippen LogP contribution in [0.25, 0.3) is 0 Å². The van der Waals surface area contributed by atoms with Gasteiger partial charge in [0.25, 0.3) is 0 Å². The van der Waals surface area contributed by atoms with Gasteiger partial charge in [-0.25, -0.2) is 13.4 Å². The highest BCUT2D eigenvalue weighted by atomic mass is 32.2. The van der Waals surface area contributed by atoms with Gasteiger partial charge in [0.05, 0.1) is 6.10 Å². The zero-order valence-corrected chi connectivity index (χ0v) is 9.39. The molecule has 6 nitrogen and oxygen atoms in total. The van der Waals surface area contributed by atoms with Crippen LogP contribution in [0.15, 0.2) is 23.2 Å². The van der Waals surface area contributed by atoms with Crippen molar-refractivity contribution in [2.24, 2.45) is 0 Å². The molecule has 0 aliphatic carbocycles. The Morgan fingerprint density at radius 2 is 2.31 bits per heavy atom. The zero-order chi connectivity index (χ0) is 11.8. The van der Waals surface area contributed by atoms with Crippen molar-refractivity contribution < 1.29 is 13.5 Å². The maximum absolute atomic E-state index is 12.1. The van der Waals surface area contributed by atoms with Gasteiger partial charge in [-0.15, -0.1) is 0 Å². The number of nitrogens with two attached hydrogens (primary N) is 1. The second-order valence-electron chi connectivity index (χ2n) is 3.69. The lowest BCUT2D eigenvalue weighted by Crippen LogP contribution is -2.30. The minimum atomic E-state index is -3.62. The average Bonchev–Trinajstić information content (AvgIpc) is 2.66. The first-order chi connectivity index (χ1) is 7.51. The number of hydrogen-bond donors (Lipinski definition) is 2. The number of β-amino-alcohol motifs (C(OH)–C–C–N with tert-alkyl or cyclic N) is 1. The normalized spacial score (nSPS) is 22.4. The summed E-state index contributed by atoms with van der Waals surface area (Å²) in [5.41, 5.74) is 5.53. The van der Waals surface area contributed by atoms with Crippen molar-refractivity contribution in [3.8, 4) is 0 Å². The number of sulfonamides is 1. The van der Waals surface area contributed by atoms with Crippen molar-refractivity contribution in [3.63, 3.8) is 0 Å². The highest BCUT2D eigenvalue weighted by molar-refractivity contribution is 7.89. The first-order valence-electron chi connectivity index (χ1n) is 4.90. The van der Waals surface area contributed by atoms with E-state index in [0.717, 1.165) is 0 Å². The van der Waals surface area contributed by atoms with Crippen LogP contribution < -0.4 is 5.73 Å². The first-order valence-corrected chi connectivity index (χ1v) is 6.34. The molecule has 1 atom stereocenters. The molecule has 0 spiro atoms. The number of nitrogen functional groups attached to an aromatic ring is 1. The monoisotopic (exact) mass is 243 g/mol. The van der Waals surface area contributed by atoms with E-state index in [0.29, 0.717) is 13.0 Å². The van der Waals surface area contributed by atoms with Crippen LogP contribution in [0.3, 0.4) is 0 Å². The van der Waals surface area contributed by atoms with Crippen LogP contribution in [-0.2, 0) is 10.0 Å². The van der Waals surface area contributed by atoms with Gasteiger partial charge in [-0.1, -0.05) is 0 Å². The number of hydrogen-bond acceptors (Lipinski definition) is 5. The lowest BCUT2D eigenvalue weighted by molar-refractivity contribution is 0.189. The lowest BCUT2D eigenvalue weighted by atomic mass is 10.3. The fourth-order valence-electron chi connectivity index (χ4n) is 1.69. The molecular weight excluding hydrogens is 230 g/mol. The minimum Gasteiger partial charge on any atom is -0.392 e. The molecule has 1 aromatic heterocycles. The van der Waals surface area contributed by atoms with E-state index < -0.39 is 16.1 Å². The maximum Gasteiger partial charge on any atom is 0.246 e. The largest absolute Gasteiger partial charge is 0.392 e. The Balaban J connectivity index is 2.36. The van der Waals surface area contributed by atoms with Gasteiger partial charge in [0.2, 0.25) is 10.0 Å². The Morgan fingerprint density at radius 3 is 2.88 bits per heavy atom. The smallest absolute Gasteiger partial charge is 0.246 e. The van der Waals surface area contributed by atoms with E-state index in [9.17, 15) is 13.5 Å². The van der Waals surface area contributed by atoms with Crippen LogP contribution in [0, 0.1) is 0 Å². The fraction of sp³-hybridized carbons (Fsp3) is 0.444.